The third-order valence-corrected chi connectivity index (χ3v) is 5.96. The van der Waals surface area contributed by atoms with Gasteiger partial charge >= 0.3 is 6.03 Å². The highest BCUT2D eigenvalue weighted by Crippen LogP contribution is 2.39. The lowest BCUT2D eigenvalue weighted by atomic mass is 9.94. The minimum Gasteiger partial charge on any atom is -0.497 e. The van der Waals surface area contributed by atoms with Crippen LogP contribution < -0.4 is 15.0 Å². The van der Waals surface area contributed by atoms with Crippen LogP contribution in [0.1, 0.15) is 24.4 Å². The van der Waals surface area contributed by atoms with Crippen molar-refractivity contribution < 1.29 is 14.1 Å². The zero-order valence-electron chi connectivity index (χ0n) is 18.5. The molecule has 1 atom stereocenters. The number of allylic oxidation sites excluding steroid dienone is 1. The van der Waals surface area contributed by atoms with Crippen LogP contribution in [0.3, 0.4) is 0 Å². The van der Waals surface area contributed by atoms with Gasteiger partial charge in [-0.1, -0.05) is 59.2 Å². The van der Waals surface area contributed by atoms with E-state index in [0.29, 0.717) is 33.7 Å². The number of hydrogen-bond acceptors (Lipinski definition) is 5. The second-order valence-electron chi connectivity index (χ2n) is 7.76. The summed E-state index contributed by atoms with van der Waals surface area (Å²) in [6, 6.07) is 23.4. The standard InChI is InChI=1S/C26H21ClN4O3/c1-16-22(25-29-24(30-34-25)18-6-4-3-5-7-18)23(17-8-14-21(33-2)15-9-17)28-26(32)31(16)20-12-10-19(27)11-13-20/h3-15,23H,1-2H3,(H,28,32). The number of carbonyl (C=O) groups is 1. The van der Waals surface area contributed by atoms with Gasteiger partial charge in [0.1, 0.15) is 5.75 Å². The van der Waals surface area contributed by atoms with Crippen LogP contribution in [0, 0.1) is 0 Å². The molecule has 0 aliphatic carbocycles. The zero-order valence-corrected chi connectivity index (χ0v) is 19.3. The highest BCUT2D eigenvalue weighted by Gasteiger charge is 2.36. The Morgan fingerprint density at radius 2 is 1.71 bits per heavy atom. The molecule has 1 aliphatic rings. The summed E-state index contributed by atoms with van der Waals surface area (Å²) in [5.41, 5.74) is 3.75. The van der Waals surface area contributed by atoms with Gasteiger partial charge in [-0.15, -0.1) is 0 Å². The molecule has 0 fully saturated rings. The Balaban J connectivity index is 1.64. The average molecular weight is 473 g/mol. The Hall–Kier alpha value is -4.10. The number of nitrogens with zero attached hydrogens (tertiary/aromatic N) is 3. The second kappa shape index (κ2) is 9.03. The molecule has 1 aliphatic heterocycles. The van der Waals surface area contributed by atoms with Crippen LogP contribution in [0.2, 0.25) is 5.02 Å². The number of benzene rings is 3. The van der Waals surface area contributed by atoms with Gasteiger partial charge in [-0.05, 0) is 48.9 Å². The fourth-order valence-electron chi connectivity index (χ4n) is 4.00. The van der Waals surface area contributed by atoms with Crippen molar-refractivity contribution in [3.8, 4) is 17.1 Å². The van der Waals surface area contributed by atoms with Crippen LogP contribution in [0.15, 0.2) is 89.1 Å². The number of nitrogens with one attached hydrogen (secondary N) is 1. The summed E-state index contributed by atoms with van der Waals surface area (Å²) in [5.74, 6) is 1.52. The average Bonchev–Trinajstić information content (AvgIpc) is 3.35. The van der Waals surface area contributed by atoms with E-state index < -0.39 is 6.04 Å². The molecular weight excluding hydrogens is 452 g/mol. The van der Waals surface area contributed by atoms with Crippen molar-refractivity contribution >= 4 is 28.9 Å². The predicted molar refractivity (Wildman–Crippen MR) is 131 cm³/mol. The number of hydrogen-bond donors (Lipinski definition) is 1. The van der Waals surface area contributed by atoms with Gasteiger partial charge in [0.15, 0.2) is 0 Å². The van der Waals surface area contributed by atoms with Gasteiger partial charge in [0.25, 0.3) is 5.89 Å². The molecule has 0 saturated heterocycles. The maximum atomic E-state index is 13.3. The molecule has 4 aromatic rings. The third kappa shape index (κ3) is 4.02. The molecular formula is C26H21ClN4O3. The fourth-order valence-corrected chi connectivity index (χ4v) is 4.13. The maximum Gasteiger partial charge on any atom is 0.326 e. The lowest BCUT2D eigenvalue weighted by Crippen LogP contribution is -2.46. The Morgan fingerprint density at radius 1 is 1.00 bits per heavy atom. The van der Waals surface area contributed by atoms with Gasteiger partial charge in [-0.3, -0.25) is 4.90 Å². The molecule has 2 amide bonds. The molecule has 1 unspecified atom stereocenters. The van der Waals surface area contributed by atoms with E-state index in [1.807, 2.05) is 61.5 Å². The lowest BCUT2D eigenvalue weighted by Gasteiger charge is -2.35. The number of halogens is 1. The van der Waals surface area contributed by atoms with E-state index in [0.717, 1.165) is 16.9 Å². The lowest BCUT2D eigenvalue weighted by molar-refractivity contribution is 0.244. The number of carbonyl (C=O) groups excluding carboxylic acids is 1. The molecule has 34 heavy (non-hydrogen) atoms. The number of methoxy groups -OCH3 is 1. The van der Waals surface area contributed by atoms with Crippen molar-refractivity contribution in [2.24, 2.45) is 0 Å². The molecule has 3 aromatic carbocycles. The Labute approximate surface area is 201 Å². The van der Waals surface area contributed by atoms with Gasteiger partial charge in [0.05, 0.1) is 24.4 Å². The first-order chi connectivity index (χ1) is 16.5. The minimum atomic E-state index is -0.494. The number of urea groups is 1. The van der Waals surface area contributed by atoms with Crippen LogP contribution in [-0.2, 0) is 0 Å². The second-order valence-corrected chi connectivity index (χ2v) is 8.19. The van der Waals surface area contributed by atoms with E-state index in [9.17, 15) is 4.79 Å². The Morgan fingerprint density at radius 3 is 2.38 bits per heavy atom. The number of aromatic nitrogens is 2. The Kier molecular flexibility index (Phi) is 5.77. The predicted octanol–water partition coefficient (Wildman–Crippen LogP) is 6.10. The summed E-state index contributed by atoms with van der Waals surface area (Å²) in [7, 11) is 1.61. The summed E-state index contributed by atoms with van der Waals surface area (Å²) < 4.78 is 11.0. The number of amides is 2. The summed E-state index contributed by atoms with van der Waals surface area (Å²) in [4.78, 5) is 19.5. The monoisotopic (exact) mass is 472 g/mol. The van der Waals surface area contributed by atoms with Crippen molar-refractivity contribution in [1.82, 2.24) is 15.5 Å². The van der Waals surface area contributed by atoms with E-state index in [4.69, 9.17) is 20.9 Å². The molecule has 1 aromatic heterocycles. The first kappa shape index (κ1) is 21.7. The van der Waals surface area contributed by atoms with E-state index in [1.54, 1.807) is 36.3 Å². The van der Waals surface area contributed by atoms with Crippen molar-refractivity contribution in [2.75, 3.05) is 12.0 Å². The van der Waals surface area contributed by atoms with Crippen molar-refractivity contribution in [3.05, 3.63) is 101 Å². The van der Waals surface area contributed by atoms with Crippen molar-refractivity contribution in [3.63, 3.8) is 0 Å². The number of rotatable bonds is 5. The third-order valence-electron chi connectivity index (χ3n) is 5.71. The Bertz CT molecular complexity index is 1350. The van der Waals surface area contributed by atoms with Crippen molar-refractivity contribution in [2.45, 2.75) is 13.0 Å². The van der Waals surface area contributed by atoms with Crippen LogP contribution in [-0.4, -0.2) is 23.3 Å². The topological polar surface area (TPSA) is 80.5 Å². The highest BCUT2D eigenvalue weighted by atomic mass is 35.5. The first-order valence-corrected chi connectivity index (χ1v) is 11.0. The largest absolute Gasteiger partial charge is 0.497 e. The van der Waals surface area contributed by atoms with Gasteiger partial charge in [0, 0.05) is 16.3 Å². The quantitative estimate of drug-likeness (QED) is 0.379. The summed E-state index contributed by atoms with van der Waals surface area (Å²) in [6.07, 6.45) is 0. The molecule has 170 valence electrons. The van der Waals surface area contributed by atoms with E-state index in [2.05, 4.69) is 15.5 Å². The van der Waals surface area contributed by atoms with Gasteiger partial charge in [-0.2, -0.15) is 4.98 Å². The SMILES string of the molecule is COc1ccc(C2NC(=O)N(c3ccc(Cl)cc3)C(C)=C2c2nc(-c3ccccc3)no2)cc1. The summed E-state index contributed by atoms with van der Waals surface area (Å²) in [6.45, 7) is 1.87. The molecule has 8 heteroatoms. The zero-order chi connectivity index (χ0) is 23.7. The molecule has 2 heterocycles. The van der Waals surface area contributed by atoms with Crippen LogP contribution in [0.5, 0.6) is 5.75 Å². The smallest absolute Gasteiger partial charge is 0.326 e. The maximum absolute atomic E-state index is 13.3. The van der Waals surface area contributed by atoms with E-state index in [-0.39, 0.29) is 6.03 Å². The van der Waals surface area contributed by atoms with Gasteiger partial charge in [-0.25, -0.2) is 4.79 Å². The van der Waals surface area contributed by atoms with Crippen molar-refractivity contribution in [1.29, 1.82) is 0 Å². The van der Waals surface area contributed by atoms with Crippen LogP contribution in [0.25, 0.3) is 17.0 Å². The molecule has 0 spiro atoms. The van der Waals surface area contributed by atoms with Gasteiger partial charge in [0.2, 0.25) is 5.82 Å². The van der Waals surface area contributed by atoms with E-state index in [1.165, 1.54) is 0 Å². The first-order valence-electron chi connectivity index (χ1n) is 10.7. The minimum absolute atomic E-state index is 0.271. The number of anilines is 1. The molecule has 0 bridgehead atoms. The fraction of sp³-hybridized carbons (Fsp3) is 0.115. The molecule has 0 saturated carbocycles. The van der Waals surface area contributed by atoms with Crippen LogP contribution in [0.4, 0.5) is 10.5 Å². The molecule has 7 nitrogen and oxygen atoms in total. The highest BCUT2D eigenvalue weighted by molar-refractivity contribution is 6.30. The molecule has 1 N–H and O–H groups in total. The molecule has 0 radical (unpaired) electrons. The normalized spacial score (nSPS) is 15.9. The van der Waals surface area contributed by atoms with Gasteiger partial charge < -0.3 is 14.6 Å². The summed E-state index contributed by atoms with van der Waals surface area (Å²) in [5, 5.41) is 7.87. The van der Waals surface area contributed by atoms with E-state index >= 15 is 0 Å². The van der Waals surface area contributed by atoms with Crippen LogP contribution >= 0.6 is 11.6 Å². The summed E-state index contributed by atoms with van der Waals surface area (Å²) >= 11 is 6.06. The number of ether oxygens (including phenoxy) is 1. The molecule has 5 rings (SSSR count).